The highest BCUT2D eigenvalue weighted by Gasteiger charge is 2.21. The van der Waals surface area contributed by atoms with Gasteiger partial charge in [-0.05, 0) is 19.6 Å². The van der Waals surface area contributed by atoms with Gasteiger partial charge in [-0.25, -0.2) is 0 Å². The molecule has 0 bridgehead atoms. The van der Waals surface area contributed by atoms with Crippen molar-refractivity contribution in [1.82, 2.24) is 5.32 Å². The second-order valence-electron chi connectivity index (χ2n) is 4.21. The second-order valence-corrected chi connectivity index (χ2v) is 5.08. The fraction of sp³-hybridized carbons (Fsp3) is 0.900. The topological polar surface area (TPSA) is 90.9 Å². The molecule has 0 amide bonds. The van der Waals surface area contributed by atoms with Crippen molar-refractivity contribution in [3.63, 3.8) is 0 Å². The molecule has 96 valence electrons. The van der Waals surface area contributed by atoms with Gasteiger partial charge in [0.05, 0.1) is 5.60 Å². The molecule has 0 aliphatic carbocycles. The average molecular weight is 249 g/mol. The van der Waals surface area contributed by atoms with Gasteiger partial charge in [-0.1, -0.05) is 12.1 Å². The summed E-state index contributed by atoms with van der Waals surface area (Å²) in [5.41, 5.74) is 4.72. The van der Waals surface area contributed by atoms with Gasteiger partial charge in [0.25, 0.3) is 0 Å². The number of oxime groups is 1. The van der Waals surface area contributed by atoms with E-state index < -0.39 is 5.60 Å². The number of aliphatic hydroxyl groups is 1. The van der Waals surface area contributed by atoms with Crippen LogP contribution < -0.4 is 11.1 Å². The fourth-order valence-electron chi connectivity index (χ4n) is 1.38. The molecule has 2 unspecified atom stereocenters. The van der Waals surface area contributed by atoms with Gasteiger partial charge in [0.2, 0.25) is 0 Å². The van der Waals surface area contributed by atoms with Crippen molar-refractivity contribution in [2.24, 2.45) is 10.9 Å². The molecule has 16 heavy (non-hydrogen) atoms. The van der Waals surface area contributed by atoms with Crippen LogP contribution in [0.1, 0.15) is 26.7 Å². The minimum absolute atomic E-state index is 0.129. The van der Waals surface area contributed by atoms with E-state index in [1.165, 1.54) is 0 Å². The molecule has 0 aromatic heterocycles. The molecule has 0 rings (SSSR count). The number of nitrogens with one attached hydrogen (secondary N) is 1. The van der Waals surface area contributed by atoms with E-state index in [0.717, 1.165) is 6.42 Å². The third-order valence-corrected chi connectivity index (χ3v) is 3.21. The van der Waals surface area contributed by atoms with Crippen LogP contribution in [-0.4, -0.2) is 46.3 Å². The first-order chi connectivity index (χ1) is 7.45. The summed E-state index contributed by atoms with van der Waals surface area (Å²) >= 11 is 1.61. The van der Waals surface area contributed by atoms with Gasteiger partial charge in [-0.3, -0.25) is 0 Å². The molecule has 0 aromatic carbocycles. The lowest BCUT2D eigenvalue weighted by Crippen LogP contribution is -2.45. The van der Waals surface area contributed by atoms with E-state index in [1.54, 1.807) is 18.7 Å². The summed E-state index contributed by atoms with van der Waals surface area (Å²) in [6, 6.07) is 0.129. The molecule has 5 N–H and O–H groups in total. The van der Waals surface area contributed by atoms with E-state index in [0.29, 0.717) is 18.7 Å². The minimum atomic E-state index is -0.724. The molecular weight excluding hydrogens is 226 g/mol. The monoisotopic (exact) mass is 249 g/mol. The lowest BCUT2D eigenvalue weighted by atomic mass is 10.1. The Bertz CT molecular complexity index is 222. The first-order valence-corrected chi connectivity index (χ1v) is 6.75. The van der Waals surface area contributed by atoms with Gasteiger partial charge in [-0.2, -0.15) is 11.8 Å². The molecule has 5 nitrogen and oxygen atoms in total. The maximum atomic E-state index is 9.96. The quantitative estimate of drug-likeness (QED) is 0.219. The number of nitrogens with zero attached hydrogens (tertiary/aromatic N) is 1. The smallest absolute Gasteiger partial charge is 0.140 e. The molecule has 0 radical (unpaired) electrons. The lowest BCUT2D eigenvalue weighted by Gasteiger charge is -2.26. The maximum absolute atomic E-state index is 9.96. The van der Waals surface area contributed by atoms with Crippen LogP contribution in [-0.2, 0) is 0 Å². The van der Waals surface area contributed by atoms with Crippen molar-refractivity contribution in [1.29, 1.82) is 0 Å². The number of thioether (sulfide) groups is 1. The standard InChI is InChI=1S/C10H23N3O2S/c1-4-8(5-9(11)13-15)12-6-10(2,14)7-16-3/h8,12,14-15H,4-7H2,1-3H3,(H2,11,13). The number of amidine groups is 1. The number of rotatable bonds is 8. The van der Waals surface area contributed by atoms with Crippen LogP contribution >= 0.6 is 11.8 Å². The molecule has 0 fully saturated rings. The molecule has 6 heteroatoms. The third-order valence-electron chi connectivity index (χ3n) is 2.30. The summed E-state index contributed by atoms with van der Waals surface area (Å²) in [6.45, 7) is 4.32. The van der Waals surface area contributed by atoms with Gasteiger partial charge < -0.3 is 21.4 Å². The molecule has 0 aliphatic rings. The summed E-state index contributed by atoms with van der Waals surface area (Å²) in [6.07, 6.45) is 3.32. The second kappa shape index (κ2) is 7.76. The Hall–Kier alpha value is -0.460. The predicted octanol–water partition coefficient (Wildman–Crippen LogP) is 0.605. The van der Waals surface area contributed by atoms with Crippen LogP contribution in [0, 0.1) is 0 Å². The van der Waals surface area contributed by atoms with Crippen LogP contribution in [0.2, 0.25) is 0 Å². The Kier molecular flexibility index (Phi) is 7.53. The van der Waals surface area contributed by atoms with Crippen molar-refractivity contribution in [3.05, 3.63) is 0 Å². The molecule has 0 saturated carbocycles. The SMILES string of the molecule is CCC(CC(N)=NO)NCC(C)(O)CSC. The molecular formula is C10H23N3O2S. The first kappa shape index (κ1) is 15.5. The third kappa shape index (κ3) is 6.92. The number of hydrogen-bond acceptors (Lipinski definition) is 5. The van der Waals surface area contributed by atoms with Gasteiger partial charge in [0.15, 0.2) is 0 Å². The van der Waals surface area contributed by atoms with Crippen molar-refractivity contribution in [3.8, 4) is 0 Å². The van der Waals surface area contributed by atoms with Gasteiger partial charge in [0.1, 0.15) is 5.84 Å². The maximum Gasteiger partial charge on any atom is 0.140 e. The molecule has 0 aliphatic heterocycles. The molecule has 0 spiro atoms. The van der Waals surface area contributed by atoms with Crippen LogP contribution in [0.4, 0.5) is 0 Å². The first-order valence-electron chi connectivity index (χ1n) is 5.36. The summed E-state index contributed by atoms with van der Waals surface area (Å²) in [7, 11) is 0. The van der Waals surface area contributed by atoms with Gasteiger partial charge >= 0.3 is 0 Å². The molecule has 0 aromatic rings. The highest BCUT2D eigenvalue weighted by Crippen LogP contribution is 2.10. The molecule has 0 saturated heterocycles. The van der Waals surface area contributed by atoms with Crippen molar-refractivity contribution in [2.75, 3.05) is 18.6 Å². The van der Waals surface area contributed by atoms with Crippen molar-refractivity contribution >= 4 is 17.6 Å². The Morgan fingerprint density at radius 3 is 2.69 bits per heavy atom. The minimum Gasteiger partial charge on any atom is -0.409 e. The van der Waals surface area contributed by atoms with Crippen molar-refractivity contribution in [2.45, 2.75) is 38.3 Å². The zero-order chi connectivity index (χ0) is 12.6. The van der Waals surface area contributed by atoms with Crippen LogP contribution in [0.25, 0.3) is 0 Å². The molecule has 0 heterocycles. The Morgan fingerprint density at radius 1 is 1.62 bits per heavy atom. The Morgan fingerprint density at radius 2 is 2.25 bits per heavy atom. The zero-order valence-corrected chi connectivity index (χ0v) is 11.0. The highest BCUT2D eigenvalue weighted by molar-refractivity contribution is 7.98. The van der Waals surface area contributed by atoms with Crippen LogP contribution in [0.15, 0.2) is 5.16 Å². The van der Waals surface area contributed by atoms with E-state index in [2.05, 4.69) is 10.5 Å². The number of nitrogens with two attached hydrogens (primary N) is 1. The largest absolute Gasteiger partial charge is 0.409 e. The Balaban J connectivity index is 4.04. The summed E-state index contributed by atoms with van der Waals surface area (Å²) < 4.78 is 0. The zero-order valence-electron chi connectivity index (χ0n) is 10.2. The van der Waals surface area contributed by atoms with E-state index >= 15 is 0 Å². The normalized spacial score (nSPS) is 18.1. The van der Waals surface area contributed by atoms with E-state index in [9.17, 15) is 5.11 Å². The van der Waals surface area contributed by atoms with Gasteiger partial charge in [-0.15, -0.1) is 0 Å². The van der Waals surface area contributed by atoms with Crippen LogP contribution in [0.3, 0.4) is 0 Å². The molecule has 2 atom stereocenters. The van der Waals surface area contributed by atoms with E-state index in [4.69, 9.17) is 10.9 Å². The van der Waals surface area contributed by atoms with E-state index in [-0.39, 0.29) is 11.9 Å². The Labute approximate surface area is 101 Å². The van der Waals surface area contributed by atoms with Crippen LogP contribution in [0.5, 0.6) is 0 Å². The summed E-state index contributed by atoms with van der Waals surface area (Å²) in [5, 5.41) is 24.6. The summed E-state index contributed by atoms with van der Waals surface area (Å²) in [4.78, 5) is 0. The summed E-state index contributed by atoms with van der Waals surface area (Å²) in [5.74, 6) is 0.892. The number of hydrogen-bond donors (Lipinski definition) is 4. The fourth-order valence-corrected chi connectivity index (χ4v) is 2.10. The lowest BCUT2D eigenvalue weighted by molar-refractivity contribution is 0.0814. The predicted molar refractivity (Wildman–Crippen MR) is 69.1 cm³/mol. The van der Waals surface area contributed by atoms with Gasteiger partial charge in [0, 0.05) is 24.8 Å². The van der Waals surface area contributed by atoms with E-state index in [1.807, 2.05) is 13.2 Å². The highest BCUT2D eigenvalue weighted by atomic mass is 32.2. The average Bonchev–Trinajstić information content (AvgIpc) is 2.23. The van der Waals surface area contributed by atoms with Crippen molar-refractivity contribution < 1.29 is 10.3 Å².